The maximum atomic E-state index is 12.5. The van der Waals surface area contributed by atoms with Gasteiger partial charge in [-0.1, -0.05) is 0 Å². The lowest BCUT2D eigenvalue weighted by Crippen LogP contribution is -2.47. The number of sulfone groups is 1. The fourth-order valence-corrected chi connectivity index (χ4v) is 3.92. The minimum atomic E-state index is -3.31. The second kappa shape index (κ2) is 3.63. The first-order valence-corrected chi connectivity index (χ1v) is 6.92. The van der Waals surface area contributed by atoms with Crippen LogP contribution in [0.5, 0.6) is 5.75 Å². The van der Waals surface area contributed by atoms with E-state index in [1.165, 1.54) is 7.11 Å². The highest BCUT2D eigenvalue weighted by molar-refractivity contribution is 7.93. The summed E-state index contributed by atoms with van der Waals surface area (Å²) in [6.45, 7) is 4.00. The summed E-state index contributed by atoms with van der Waals surface area (Å²) in [6, 6.07) is 5.17. The normalized spacial score (nSPS) is 20.8. The Labute approximate surface area is 102 Å². The lowest BCUT2D eigenvalue weighted by atomic mass is 10.1. The summed E-state index contributed by atoms with van der Waals surface area (Å²) in [7, 11) is 0.131. The van der Waals surface area contributed by atoms with E-state index in [1.54, 1.807) is 32.0 Å². The van der Waals surface area contributed by atoms with E-state index in [0.717, 1.165) is 5.69 Å². The number of hydrogen-bond acceptors (Lipinski definition) is 4. The van der Waals surface area contributed by atoms with Crippen LogP contribution in [0, 0.1) is 0 Å². The molecule has 2 rings (SSSR count). The molecule has 0 radical (unpaired) electrons. The van der Waals surface area contributed by atoms with Crippen molar-refractivity contribution < 1.29 is 13.2 Å². The highest BCUT2D eigenvalue weighted by Crippen LogP contribution is 2.39. The second-order valence-corrected chi connectivity index (χ2v) is 7.50. The molecule has 0 bridgehead atoms. The Kier molecular flexibility index (Phi) is 2.61. The lowest BCUT2D eigenvalue weighted by molar-refractivity contribution is 0.413. The molecule has 17 heavy (non-hydrogen) atoms. The molecule has 0 saturated carbocycles. The van der Waals surface area contributed by atoms with Gasteiger partial charge in [0.1, 0.15) is 5.75 Å². The van der Waals surface area contributed by atoms with Gasteiger partial charge in [0.15, 0.2) is 9.84 Å². The van der Waals surface area contributed by atoms with Crippen molar-refractivity contribution in [2.75, 3.05) is 25.6 Å². The molecular weight excluding hydrogens is 238 g/mol. The molecule has 0 aromatic heterocycles. The molecule has 1 heterocycles. The van der Waals surface area contributed by atoms with Crippen LogP contribution < -0.4 is 9.64 Å². The topological polar surface area (TPSA) is 46.6 Å². The van der Waals surface area contributed by atoms with Gasteiger partial charge >= 0.3 is 0 Å². The Hall–Kier alpha value is -1.23. The van der Waals surface area contributed by atoms with E-state index >= 15 is 0 Å². The van der Waals surface area contributed by atoms with Crippen LogP contribution in [0.2, 0.25) is 0 Å². The molecule has 0 fully saturated rings. The van der Waals surface area contributed by atoms with Gasteiger partial charge in [-0.25, -0.2) is 8.42 Å². The fraction of sp³-hybridized carbons (Fsp3) is 0.500. The number of ether oxygens (including phenoxy) is 1. The Balaban J connectivity index is 2.72. The molecule has 0 atom stereocenters. The molecule has 0 aliphatic carbocycles. The van der Waals surface area contributed by atoms with Crippen LogP contribution in [0.25, 0.3) is 0 Å². The standard InChI is InChI=1S/C12H17NO3S/c1-12(2)8-13(3)10-6-5-9(16-4)7-11(10)17(12,14)15/h5-7H,8H2,1-4H3. The summed E-state index contributed by atoms with van der Waals surface area (Å²) in [5.74, 6) is 0.568. The monoisotopic (exact) mass is 255 g/mol. The first-order chi connectivity index (χ1) is 7.79. The van der Waals surface area contributed by atoms with Crippen molar-refractivity contribution in [1.82, 2.24) is 0 Å². The van der Waals surface area contributed by atoms with Crippen LogP contribution in [-0.2, 0) is 9.84 Å². The van der Waals surface area contributed by atoms with Gasteiger partial charge in [0, 0.05) is 19.7 Å². The smallest absolute Gasteiger partial charge is 0.187 e. The van der Waals surface area contributed by atoms with Crippen LogP contribution in [0.15, 0.2) is 23.1 Å². The average Bonchev–Trinajstić information content (AvgIpc) is 2.25. The first kappa shape index (κ1) is 12.2. The predicted molar refractivity (Wildman–Crippen MR) is 67.5 cm³/mol. The van der Waals surface area contributed by atoms with Gasteiger partial charge in [-0.3, -0.25) is 0 Å². The second-order valence-electron chi connectivity index (χ2n) is 4.95. The van der Waals surface area contributed by atoms with E-state index in [-0.39, 0.29) is 0 Å². The summed E-state index contributed by atoms with van der Waals surface area (Å²) in [4.78, 5) is 2.33. The molecule has 0 saturated heterocycles. The van der Waals surface area contributed by atoms with E-state index in [9.17, 15) is 8.42 Å². The minimum Gasteiger partial charge on any atom is -0.497 e. The Morgan fingerprint density at radius 3 is 2.59 bits per heavy atom. The van der Waals surface area contributed by atoms with Gasteiger partial charge in [-0.05, 0) is 26.0 Å². The van der Waals surface area contributed by atoms with E-state index in [1.807, 2.05) is 11.9 Å². The third-order valence-corrected chi connectivity index (χ3v) is 5.70. The molecule has 0 spiro atoms. The number of hydrogen-bond donors (Lipinski definition) is 0. The summed E-state index contributed by atoms with van der Waals surface area (Å²) in [6.07, 6.45) is 0. The highest BCUT2D eigenvalue weighted by Gasteiger charge is 2.43. The van der Waals surface area contributed by atoms with Crippen molar-refractivity contribution >= 4 is 15.5 Å². The van der Waals surface area contributed by atoms with E-state index in [2.05, 4.69) is 0 Å². The zero-order chi connectivity index (χ0) is 12.8. The SMILES string of the molecule is COc1ccc2c(c1)S(=O)(=O)C(C)(C)CN2C. The number of fused-ring (bicyclic) bond motifs is 1. The maximum absolute atomic E-state index is 12.5. The van der Waals surface area contributed by atoms with E-state index < -0.39 is 14.6 Å². The summed E-state index contributed by atoms with van der Waals surface area (Å²) in [5.41, 5.74) is 0.741. The highest BCUT2D eigenvalue weighted by atomic mass is 32.2. The molecule has 0 unspecified atom stereocenters. The van der Waals surface area contributed by atoms with Crippen molar-refractivity contribution in [2.45, 2.75) is 23.5 Å². The van der Waals surface area contributed by atoms with Crippen LogP contribution >= 0.6 is 0 Å². The van der Waals surface area contributed by atoms with E-state index in [4.69, 9.17) is 4.74 Å². The third kappa shape index (κ3) is 1.69. The quantitative estimate of drug-likeness (QED) is 0.766. The third-order valence-electron chi connectivity index (χ3n) is 3.21. The molecule has 1 aliphatic rings. The molecule has 5 heteroatoms. The van der Waals surface area contributed by atoms with E-state index in [0.29, 0.717) is 17.2 Å². The van der Waals surface area contributed by atoms with Crippen LogP contribution in [0.3, 0.4) is 0 Å². The van der Waals surface area contributed by atoms with Crippen LogP contribution in [-0.4, -0.2) is 33.9 Å². The zero-order valence-corrected chi connectivity index (χ0v) is 11.3. The van der Waals surface area contributed by atoms with Crippen molar-refractivity contribution in [3.8, 4) is 5.75 Å². The Bertz CT molecular complexity index is 549. The predicted octanol–water partition coefficient (Wildman–Crippen LogP) is 1.70. The number of methoxy groups -OCH3 is 1. The summed E-state index contributed by atoms with van der Waals surface area (Å²) in [5, 5.41) is 0. The molecule has 4 nitrogen and oxygen atoms in total. The van der Waals surface area contributed by atoms with Gasteiger partial charge in [0.2, 0.25) is 0 Å². The molecule has 0 amide bonds. The van der Waals surface area contributed by atoms with Crippen molar-refractivity contribution in [1.29, 1.82) is 0 Å². The Morgan fingerprint density at radius 2 is 2.00 bits per heavy atom. The maximum Gasteiger partial charge on any atom is 0.187 e. The zero-order valence-electron chi connectivity index (χ0n) is 10.5. The molecule has 1 aromatic rings. The van der Waals surface area contributed by atoms with Crippen molar-refractivity contribution in [3.63, 3.8) is 0 Å². The van der Waals surface area contributed by atoms with Gasteiger partial charge in [-0.2, -0.15) is 0 Å². The van der Waals surface area contributed by atoms with Gasteiger partial charge in [0.05, 0.1) is 22.4 Å². The van der Waals surface area contributed by atoms with Crippen LogP contribution in [0.4, 0.5) is 5.69 Å². The molecule has 94 valence electrons. The Morgan fingerprint density at radius 1 is 1.35 bits per heavy atom. The average molecular weight is 255 g/mol. The molecule has 1 aliphatic heterocycles. The van der Waals surface area contributed by atoms with Crippen molar-refractivity contribution in [3.05, 3.63) is 18.2 Å². The summed E-state index contributed by atoms with van der Waals surface area (Å²) >= 11 is 0. The van der Waals surface area contributed by atoms with Crippen molar-refractivity contribution in [2.24, 2.45) is 0 Å². The number of benzene rings is 1. The molecule has 0 N–H and O–H groups in total. The molecular formula is C12H17NO3S. The minimum absolute atomic E-state index is 0.357. The number of anilines is 1. The van der Waals surface area contributed by atoms with Gasteiger partial charge in [-0.15, -0.1) is 0 Å². The first-order valence-electron chi connectivity index (χ1n) is 5.43. The lowest BCUT2D eigenvalue weighted by Gasteiger charge is -2.38. The number of rotatable bonds is 1. The fourth-order valence-electron chi connectivity index (χ4n) is 2.19. The van der Waals surface area contributed by atoms with Gasteiger partial charge < -0.3 is 9.64 Å². The van der Waals surface area contributed by atoms with Crippen LogP contribution in [0.1, 0.15) is 13.8 Å². The number of nitrogens with zero attached hydrogens (tertiary/aromatic N) is 1. The largest absolute Gasteiger partial charge is 0.497 e. The summed E-state index contributed by atoms with van der Waals surface area (Å²) < 4.78 is 29.2. The molecule has 1 aromatic carbocycles. The van der Waals surface area contributed by atoms with Gasteiger partial charge in [0.25, 0.3) is 0 Å².